The predicted octanol–water partition coefficient (Wildman–Crippen LogP) is 4.90. The largest absolute Gasteiger partial charge is 0.497 e. The van der Waals surface area contributed by atoms with Crippen molar-refractivity contribution < 1.29 is 46.0 Å². The van der Waals surface area contributed by atoms with Crippen molar-refractivity contribution in [3.63, 3.8) is 0 Å². The zero-order chi connectivity index (χ0) is 37.7. The van der Waals surface area contributed by atoms with Crippen molar-refractivity contribution in [1.82, 2.24) is 14.6 Å². The maximum Gasteiger partial charge on any atom is 0.362 e. The van der Waals surface area contributed by atoms with Gasteiger partial charge in [-0.1, -0.05) is 27.7 Å². The van der Waals surface area contributed by atoms with Gasteiger partial charge in [0.25, 0.3) is 0 Å². The highest BCUT2D eigenvalue weighted by atomic mass is 32.2. The van der Waals surface area contributed by atoms with Crippen LogP contribution in [-0.4, -0.2) is 78.9 Å². The number of Topliss-reactive ketones (excluding diaryl/α,β-unsaturated/α-hetero) is 1. The van der Waals surface area contributed by atoms with Crippen LogP contribution in [0.3, 0.4) is 0 Å². The summed E-state index contributed by atoms with van der Waals surface area (Å²) in [5.74, 6) is -2.29. The maximum atomic E-state index is 14.5. The number of hydrogen-bond acceptors (Lipinski definition) is 11. The number of nitrogens with one attached hydrogen (secondary N) is 1. The summed E-state index contributed by atoms with van der Waals surface area (Å²) >= 11 is 0. The standard InChI is InChI=1S/C37H51N3O10S/c1-22-19-37(22,33(44)39-51(45,46)50-36(8)13-14-36)20-29(41)28-17-25(48-31-26-11-10-24(47-9)16-23(26)12-15-38-31)21-40(28)32(43)27(34(2,3)4)18-30(42)49-35(5,6)7/h10-12,15-16,22,25,27-28H,13-14,17-21H2,1-9H3,(H,39,44)/t22-,25-,27-,28+,37-/m1/s1. The molecule has 14 heteroatoms. The summed E-state index contributed by atoms with van der Waals surface area (Å²) in [5, 5.41) is 1.54. The van der Waals surface area contributed by atoms with Crippen LogP contribution in [0.25, 0.3) is 10.8 Å². The van der Waals surface area contributed by atoms with Crippen molar-refractivity contribution in [1.29, 1.82) is 0 Å². The third-order valence-corrected chi connectivity index (χ3v) is 11.2. The molecule has 2 aliphatic carbocycles. The number of ether oxygens (including phenoxy) is 3. The van der Waals surface area contributed by atoms with E-state index in [1.807, 2.05) is 43.7 Å². The van der Waals surface area contributed by atoms with Gasteiger partial charge in [-0.2, -0.15) is 8.42 Å². The minimum absolute atomic E-state index is 0.0277. The lowest BCUT2D eigenvalue weighted by Gasteiger charge is -2.35. The molecule has 0 bridgehead atoms. The van der Waals surface area contributed by atoms with E-state index in [1.54, 1.807) is 54.0 Å². The van der Waals surface area contributed by atoms with Crippen LogP contribution in [0.1, 0.15) is 93.9 Å². The van der Waals surface area contributed by atoms with Gasteiger partial charge in [-0.05, 0) is 87.9 Å². The molecule has 0 spiro atoms. The molecule has 2 aromatic rings. The predicted molar refractivity (Wildman–Crippen MR) is 188 cm³/mol. The second-order valence-corrected chi connectivity index (χ2v) is 18.0. The molecule has 1 aromatic heterocycles. The van der Waals surface area contributed by atoms with Gasteiger partial charge in [-0.3, -0.25) is 19.2 Å². The first-order chi connectivity index (χ1) is 23.5. The number of nitrogens with zero attached hydrogens (tertiary/aromatic N) is 2. The van der Waals surface area contributed by atoms with Crippen LogP contribution < -0.4 is 14.2 Å². The highest BCUT2D eigenvalue weighted by molar-refractivity contribution is 7.85. The van der Waals surface area contributed by atoms with Crippen LogP contribution in [-0.2, 0) is 38.4 Å². The first-order valence-electron chi connectivity index (χ1n) is 17.5. The molecule has 0 radical (unpaired) electrons. The lowest BCUT2D eigenvalue weighted by molar-refractivity contribution is -0.161. The third kappa shape index (κ3) is 9.00. The van der Waals surface area contributed by atoms with E-state index < -0.39 is 74.0 Å². The summed E-state index contributed by atoms with van der Waals surface area (Å²) in [6, 6.07) is 6.28. The van der Waals surface area contributed by atoms with Gasteiger partial charge in [0.05, 0.1) is 43.1 Å². The Balaban J connectivity index is 1.42. The van der Waals surface area contributed by atoms with Gasteiger partial charge in [0.2, 0.25) is 17.7 Å². The van der Waals surface area contributed by atoms with E-state index in [-0.39, 0.29) is 31.7 Å². The average molecular weight is 730 g/mol. The van der Waals surface area contributed by atoms with Crippen molar-refractivity contribution in [3.05, 3.63) is 30.5 Å². The number of hydrogen-bond donors (Lipinski definition) is 1. The Morgan fingerprint density at radius 2 is 1.75 bits per heavy atom. The van der Waals surface area contributed by atoms with Crippen molar-refractivity contribution in [2.24, 2.45) is 22.7 Å². The molecule has 0 unspecified atom stereocenters. The molecule has 1 N–H and O–H groups in total. The topological polar surface area (TPSA) is 167 Å². The fourth-order valence-corrected chi connectivity index (χ4v) is 7.94. The van der Waals surface area contributed by atoms with E-state index >= 15 is 0 Å². The molecule has 5 rings (SSSR count). The molecule has 3 aliphatic rings. The number of esters is 1. The SMILES string of the molecule is COc1ccc2c(O[C@@H]3C[C@@H](C(=O)C[C@]4(C(=O)NS(=O)(=O)OC5(C)CC5)C[C@H]4C)N(C(=O)[C@@H](CC(=O)OC(C)(C)C)C(C)(C)C)C3)nccc2c1. The summed E-state index contributed by atoms with van der Waals surface area (Å²) in [6.07, 6.45) is 1.98. The summed E-state index contributed by atoms with van der Waals surface area (Å²) in [4.78, 5) is 61.2. The molecule has 3 fully saturated rings. The number of rotatable bonds is 13. The Morgan fingerprint density at radius 3 is 2.31 bits per heavy atom. The number of methoxy groups -OCH3 is 1. The van der Waals surface area contributed by atoms with Gasteiger partial charge in [0.15, 0.2) is 5.78 Å². The minimum atomic E-state index is -4.39. The Labute approximate surface area is 300 Å². The fourth-order valence-electron chi connectivity index (χ4n) is 6.77. The van der Waals surface area contributed by atoms with Crippen LogP contribution >= 0.6 is 0 Å². The molecule has 13 nitrogen and oxygen atoms in total. The van der Waals surface area contributed by atoms with Crippen molar-refractivity contribution in [3.8, 4) is 11.6 Å². The first kappa shape index (κ1) is 38.5. The van der Waals surface area contributed by atoms with Crippen LogP contribution in [0, 0.1) is 22.7 Å². The quantitative estimate of drug-likeness (QED) is 0.279. The number of carbonyl (C=O) groups is 4. The number of likely N-dealkylation sites (tertiary alicyclic amines) is 1. The Kier molecular flexibility index (Phi) is 10.3. The van der Waals surface area contributed by atoms with Crippen molar-refractivity contribution >= 4 is 44.6 Å². The van der Waals surface area contributed by atoms with Crippen molar-refractivity contribution in [2.45, 2.75) is 117 Å². The summed E-state index contributed by atoms with van der Waals surface area (Å²) in [5.41, 5.74) is -3.55. The number of amides is 2. The molecule has 2 amide bonds. The molecule has 5 atom stereocenters. The van der Waals surface area contributed by atoms with Gasteiger partial charge >= 0.3 is 16.3 Å². The number of pyridine rings is 1. The zero-order valence-electron chi connectivity index (χ0n) is 31.0. The molecule has 1 aromatic carbocycles. The molecule has 51 heavy (non-hydrogen) atoms. The van der Waals surface area contributed by atoms with Gasteiger partial charge in [0.1, 0.15) is 17.5 Å². The third-order valence-electron chi connectivity index (χ3n) is 10.1. The highest BCUT2D eigenvalue weighted by Gasteiger charge is 2.60. The number of ketones is 1. The van der Waals surface area contributed by atoms with E-state index in [1.165, 1.54) is 4.90 Å². The van der Waals surface area contributed by atoms with Crippen LogP contribution in [0.2, 0.25) is 0 Å². The van der Waals surface area contributed by atoms with Gasteiger partial charge in [0, 0.05) is 24.4 Å². The molecule has 2 heterocycles. The van der Waals surface area contributed by atoms with Crippen LogP contribution in [0.15, 0.2) is 30.5 Å². The lowest BCUT2D eigenvalue weighted by Crippen LogP contribution is -2.49. The average Bonchev–Trinajstić information content (AvgIpc) is 3.84. The van der Waals surface area contributed by atoms with E-state index in [2.05, 4.69) is 4.98 Å². The van der Waals surface area contributed by atoms with Gasteiger partial charge in [-0.25, -0.2) is 13.9 Å². The molecular weight excluding hydrogens is 678 g/mol. The molecule has 1 saturated heterocycles. The van der Waals surface area contributed by atoms with E-state index in [0.717, 1.165) is 10.8 Å². The Morgan fingerprint density at radius 1 is 1.08 bits per heavy atom. The van der Waals surface area contributed by atoms with Gasteiger partial charge < -0.3 is 19.1 Å². The number of carbonyl (C=O) groups excluding carboxylic acids is 4. The summed E-state index contributed by atoms with van der Waals surface area (Å²) < 4.78 is 49.9. The van der Waals surface area contributed by atoms with Crippen LogP contribution in [0.4, 0.5) is 0 Å². The first-order valence-corrected chi connectivity index (χ1v) is 18.9. The monoisotopic (exact) mass is 729 g/mol. The zero-order valence-corrected chi connectivity index (χ0v) is 31.8. The molecule has 2 saturated carbocycles. The van der Waals surface area contributed by atoms with E-state index in [0.29, 0.717) is 30.9 Å². The fraction of sp³-hybridized carbons (Fsp3) is 0.649. The summed E-state index contributed by atoms with van der Waals surface area (Å²) in [6.45, 7) is 14.3. The highest BCUT2D eigenvalue weighted by Crippen LogP contribution is 2.56. The minimum Gasteiger partial charge on any atom is -0.497 e. The number of benzene rings is 1. The summed E-state index contributed by atoms with van der Waals surface area (Å²) in [7, 11) is -2.82. The maximum absolute atomic E-state index is 14.5. The molecule has 1 aliphatic heterocycles. The van der Waals surface area contributed by atoms with E-state index in [9.17, 15) is 27.6 Å². The second kappa shape index (κ2) is 13.6. The second-order valence-electron chi connectivity index (χ2n) is 16.7. The Hall–Kier alpha value is -3.78. The normalized spacial score (nSPS) is 24.8. The number of aromatic nitrogens is 1. The molecular formula is C37H51N3O10S. The number of fused-ring (bicyclic) bond motifs is 1. The molecule has 280 valence electrons. The van der Waals surface area contributed by atoms with Gasteiger partial charge in [-0.15, -0.1) is 0 Å². The lowest BCUT2D eigenvalue weighted by atomic mass is 9.77. The van der Waals surface area contributed by atoms with E-state index in [4.69, 9.17) is 18.4 Å². The van der Waals surface area contributed by atoms with Crippen LogP contribution in [0.5, 0.6) is 11.6 Å². The smallest absolute Gasteiger partial charge is 0.362 e. The Bertz CT molecular complexity index is 1810. The van der Waals surface area contributed by atoms with Crippen molar-refractivity contribution in [2.75, 3.05) is 13.7 Å².